The molecule has 19 heavy (non-hydrogen) atoms. The second-order valence-electron chi connectivity index (χ2n) is 4.77. The number of rotatable bonds is 1. The Balaban J connectivity index is 0.00000133. The van der Waals surface area contributed by atoms with Crippen LogP contribution in [0.5, 0.6) is 0 Å². The van der Waals surface area contributed by atoms with Gasteiger partial charge in [0.25, 0.3) is 0 Å². The van der Waals surface area contributed by atoms with Crippen molar-refractivity contribution >= 4 is 29.9 Å². The van der Waals surface area contributed by atoms with Gasteiger partial charge in [-0.25, -0.2) is 4.39 Å². The van der Waals surface area contributed by atoms with Crippen LogP contribution in [0.2, 0.25) is 0 Å². The highest BCUT2D eigenvalue weighted by Gasteiger charge is 2.52. The van der Waals surface area contributed by atoms with Gasteiger partial charge in [-0.05, 0) is 30.2 Å². The summed E-state index contributed by atoms with van der Waals surface area (Å²) in [6, 6.07) is 3.63. The van der Waals surface area contributed by atoms with Gasteiger partial charge in [0.15, 0.2) is 0 Å². The van der Waals surface area contributed by atoms with Crippen LogP contribution in [0.4, 0.5) is 10.1 Å². The molecule has 2 aliphatic rings. The Bertz CT molecular complexity index is 566. The lowest BCUT2D eigenvalue weighted by Crippen LogP contribution is -2.36. The highest BCUT2D eigenvalue weighted by atomic mass is 35.5. The van der Waals surface area contributed by atoms with Gasteiger partial charge in [0, 0.05) is 12.2 Å². The SMILES string of the molecule is Cl.NC(=O)C1CC2(CN1)C(=O)Nc1ccc(F)cc12. The van der Waals surface area contributed by atoms with Crippen LogP contribution >= 0.6 is 12.4 Å². The average molecular weight is 286 g/mol. The van der Waals surface area contributed by atoms with Gasteiger partial charge in [0.05, 0.1) is 11.5 Å². The molecule has 0 aliphatic carbocycles. The van der Waals surface area contributed by atoms with Gasteiger partial charge < -0.3 is 16.4 Å². The third-order valence-corrected chi connectivity index (χ3v) is 3.73. The van der Waals surface area contributed by atoms with Crippen molar-refractivity contribution in [2.24, 2.45) is 5.73 Å². The Hall–Kier alpha value is -1.66. The van der Waals surface area contributed by atoms with Crippen molar-refractivity contribution in [2.45, 2.75) is 17.9 Å². The number of primary amides is 1. The molecule has 2 unspecified atom stereocenters. The van der Waals surface area contributed by atoms with Crippen molar-refractivity contribution < 1.29 is 14.0 Å². The van der Waals surface area contributed by atoms with Crippen LogP contribution < -0.4 is 16.4 Å². The maximum atomic E-state index is 13.3. The minimum atomic E-state index is -0.878. The molecule has 3 rings (SSSR count). The molecule has 0 saturated carbocycles. The summed E-state index contributed by atoms with van der Waals surface area (Å²) in [7, 11) is 0. The minimum absolute atomic E-state index is 0. The number of halogens is 2. The van der Waals surface area contributed by atoms with E-state index in [9.17, 15) is 14.0 Å². The van der Waals surface area contributed by atoms with Gasteiger partial charge in [-0.1, -0.05) is 0 Å². The van der Waals surface area contributed by atoms with Crippen LogP contribution in [0, 0.1) is 5.82 Å². The lowest BCUT2D eigenvalue weighted by atomic mass is 9.79. The number of anilines is 1. The van der Waals surface area contributed by atoms with E-state index in [1.165, 1.54) is 18.2 Å². The van der Waals surface area contributed by atoms with Gasteiger partial charge in [0.1, 0.15) is 5.82 Å². The highest BCUT2D eigenvalue weighted by molar-refractivity contribution is 6.07. The number of fused-ring (bicyclic) bond motifs is 2. The quantitative estimate of drug-likeness (QED) is 0.693. The molecule has 0 radical (unpaired) electrons. The fraction of sp³-hybridized carbons (Fsp3) is 0.333. The molecule has 102 valence electrons. The molecule has 1 spiro atoms. The molecular formula is C12H13ClFN3O2. The van der Waals surface area contributed by atoms with Crippen molar-refractivity contribution in [2.75, 3.05) is 11.9 Å². The Kier molecular flexibility index (Phi) is 3.24. The van der Waals surface area contributed by atoms with Crippen LogP contribution in [0.25, 0.3) is 0 Å². The average Bonchev–Trinajstić information content (AvgIpc) is 2.86. The predicted molar refractivity (Wildman–Crippen MR) is 69.6 cm³/mol. The molecule has 1 fully saturated rings. The van der Waals surface area contributed by atoms with Gasteiger partial charge in [-0.15, -0.1) is 12.4 Å². The maximum absolute atomic E-state index is 13.3. The second kappa shape index (κ2) is 4.47. The second-order valence-corrected chi connectivity index (χ2v) is 4.77. The van der Waals surface area contributed by atoms with Crippen molar-refractivity contribution in [1.82, 2.24) is 5.32 Å². The summed E-state index contributed by atoms with van der Waals surface area (Å²) in [6.07, 6.45) is 0.268. The monoisotopic (exact) mass is 285 g/mol. The van der Waals surface area contributed by atoms with E-state index in [0.29, 0.717) is 17.8 Å². The van der Waals surface area contributed by atoms with E-state index in [1.54, 1.807) is 0 Å². The smallest absolute Gasteiger partial charge is 0.236 e. The molecule has 0 bridgehead atoms. The summed E-state index contributed by atoms with van der Waals surface area (Å²) >= 11 is 0. The van der Waals surface area contributed by atoms with Gasteiger partial charge in [-0.3, -0.25) is 9.59 Å². The first-order valence-corrected chi connectivity index (χ1v) is 5.67. The number of hydrogen-bond acceptors (Lipinski definition) is 3. The van der Waals surface area contributed by atoms with E-state index in [2.05, 4.69) is 10.6 Å². The Morgan fingerprint density at radius 1 is 1.47 bits per heavy atom. The molecule has 7 heteroatoms. The number of benzene rings is 1. The summed E-state index contributed by atoms with van der Waals surface area (Å²) in [6.45, 7) is 0.295. The van der Waals surface area contributed by atoms with Crippen LogP contribution in [0.1, 0.15) is 12.0 Å². The van der Waals surface area contributed by atoms with E-state index in [-0.39, 0.29) is 24.7 Å². The largest absolute Gasteiger partial charge is 0.368 e. The van der Waals surface area contributed by atoms with Gasteiger partial charge in [-0.2, -0.15) is 0 Å². The zero-order valence-corrected chi connectivity index (χ0v) is 10.7. The standard InChI is InChI=1S/C12H12FN3O2.ClH/c13-6-1-2-8-7(3-6)12(11(18)16-8)4-9(10(14)17)15-5-12;/h1-3,9,15H,4-5H2,(H2,14,17)(H,16,18);1H. The first-order valence-electron chi connectivity index (χ1n) is 5.67. The lowest BCUT2D eigenvalue weighted by Gasteiger charge is -2.19. The Morgan fingerprint density at radius 3 is 2.84 bits per heavy atom. The number of nitrogens with one attached hydrogen (secondary N) is 2. The molecule has 4 N–H and O–H groups in total. The first-order chi connectivity index (χ1) is 8.53. The third kappa shape index (κ3) is 1.87. The normalized spacial score (nSPS) is 27.8. The van der Waals surface area contributed by atoms with Crippen molar-refractivity contribution in [3.05, 3.63) is 29.6 Å². The topological polar surface area (TPSA) is 84.2 Å². The molecule has 5 nitrogen and oxygen atoms in total. The summed E-state index contributed by atoms with van der Waals surface area (Å²) in [5.41, 5.74) is 5.56. The first kappa shape index (κ1) is 13.8. The zero-order valence-electron chi connectivity index (χ0n) is 9.90. The molecule has 1 aromatic carbocycles. The maximum Gasteiger partial charge on any atom is 0.236 e. The summed E-state index contributed by atoms with van der Waals surface area (Å²) < 4.78 is 13.3. The Morgan fingerprint density at radius 2 is 2.21 bits per heavy atom. The van der Waals surface area contributed by atoms with E-state index in [4.69, 9.17) is 5.73 Å². The zero-order chi connectivity index (χ0) is 12.9. The summed E-state index contributed by atoms with van der Waals surface area (Å²) in [5.74, 6) is -1.10. The molecule has 2 aliphatic heterocycles. The van der Waals surface area contributed by atoms with E-state index in [1.807, 2.05) is 0 Å². The van der Waals surface area contributed by atoms with Crippen LogP contribution in [0.15, 0.2) is 18.2 Å². The lowest BCUT2D eigenvalue weighted by molar-refractivity contribution is -0.120. The predicted octanol–water partition coefficient (Wildman–Crippen LogP) is 0.285. The van der Waals surface area contributed by atoms with Crippen molar-refractivity contribution in [3.63, 3.8) is 0 Å². The number of carbonyl (C=O) groups is 2. The molecule has 2 amide bonds. The van der Waals surface area contributed by atoms with E-state index < -0.39 is 23.2 Å². The minimum Gasteiger partial charge on any atom is -0.368 e. The number of carbonyl (C=O) groups excluding carboxylic acids is 2. The van der Waals surface area contributed by atoms with Crippen LogP contribution in [0.3, 0.4) is 0 Å². The van der Waals surface area contributed by atoms with E-state index >= 15 is 0 Å². The number of nitrogens with two attached hydrogens (primary N) is 1. The van der Waals surface area contributed by atoms with Gasteiger partial charge >= 0.3 is 0 Å². The molecular weight excluding hydrogens is 273 g/mol. The number of amides is 2. The summed E-state index contributed by atoms with van der Waals surface area (Å²) in [4.78, 5) is 23.3. The molecule has 2 atom stereocenters. The fourth-order valence-electron chi connectivity index (χ4n) is 2.76. The fourth-order valence-corrected chi connectivity index (χ4v) is 2.76. The highest BCUT2D eigenvalue weighted by Crippen LogP contribution is 2.43. The van der Waals surface area contributed by atoms with Crippen LogP contribution in [-0.2, 0) is 15.0 Å². The van der Waals surface area contributed by atoms with Crippen LogP contribution in [-0.4, -0.2) is 24.4 Å². The van der Waals surface area contributed by atoms with Crippen molar-refractivity contribution in [1.29, 1.82) is 0 Å². The molecule has 1 saturated heterocycles. The molecule has 2 heterocycles. The molecule has 1 aromatic rings. The summed E-state index contributed by atoms with van der Waals surface area (Å²) in [5, 5.41) is 5.64. The third-order valence-electron chi connectivity index (χ3n) is 3.73. The molecule has 0 aromatic heterocycles. The number of hydrogen-bond donors (Lipinski definition) is 3. The van der Waals surface area contributed by atoms with Gasteiger partial charge in [0.2, 0.25) is 11.8 Å². The van der Waals surface area contributed by atoms with E-state index in [0.717, 1.165) is 0 Å². The van der Waals surface area contributed by atoms with Crippen molar-refractivity contribution in [3.8, 4) is 0 Å². The Labute approximate surface area is 115 Å².